The molecule has 0 spiro atoms. The Kier molecular flexibility index (Phi) is 38.1. The molecular weight excluding hydrogens is 1710 g/mol. The Morgan fingerprint density at radius 3 is 1.10 bits per heavy atom. The molecular formula is C69H115N5O51. The van der Waals surface area contributed by atoms with E-state index in [1.165, 1.54) is 0 Å². The number of aliphatic hydroxyl groups excluding tert-OH is 26. The second kappa shape index (κ2) is 45.9. The molecule has 9 rings (SSSR count). The quantitative estimate of drug-likeness (QED) is 0.0255. The maximum Gasteiger partial charge on any atom is 0.364 e. The van der Waals surface area contributed by atoms with Crippen LogP contribution >= 0.6 is 0 Å². The summed E-state index contributed by atoms with van der Waals surface area (Å²) in [5.41, 5.74) is 0. The minimum atomic E-state index is -3.30. The van der Waals surface area contributed by atoms with Crippen LogP contribution in [0.5, 0.6) is 0 Å². The van der Waals surface area contributed by atoms with Gasteiger partial charge in [0, 0.05) is 34.1 Å². The number of carboxylic acids is 1. The Morgan fingerprint density at radius 1 is 0.368 bits per heavy atom. The molecule has 0 aromatic heterocycles. The molecule has 0 aromatic carbocycles. The van der Waals surface area contributed by atoms with Gasteiger partial charge in [0.1, 0.15) is 213 Å². The summed E-state index contributed by atoms with van der Waals surface area (Å²) in [6.07, 6.45) is -88.9. The Bertz CT molecular complexity index is 3400. The molecule has 0 radical (unpaired) electrons. The lowest BCUT2D eigenvalue weighted by molar-refractivity contribution is -0.390. The standard InChI is InChI=1S/C69H115N5O51/c1-18(85)71-33-23(89)5-69(68(106)107,124-56(33)37(91)24(90)7-76)125-59-40(94)27(10-79)112-67(51(59)105)120-52-28(11-80)113-60(34(42(52)96)72-19(2)86)109-16-32-41(95)58(123-62-35(73-20(3)87)43(97)53(29(12-81)114-62)118-64-47(101)45(99)38(92)25(8-77)110-64)50(104)66(117-32)119-54-30(13-82)115-61(36(44(54)98)74-21(4)88)122-57-39(93)26(9-78)111-65(49(57)103)121-55-31(14-83)116-63(48(102)46(55)100)108-15-22(6-75)70-17-84/h17,22-67,75-83,89-105H,5-16H2,1-4H3,(H,70,84)(H,71,85)(H,72,86)(H,73,87)(H,74,88)(H,106,107)/t22-,23+,24-,25-,26-,27-,28-,29-,30-,31-,32-,33-,34-,35-,36-,37-,38+,39+,40+,41+,42-,43-,44-,45+,46-,47-,48-,49-,50-,51-,52-,53-,54-,55-,56-,57+,58+,59+,60-,61+,62-,63-,64+,65+,66+,67+,69+/m1/s1. The molecule has 9 heterocycles. The SMILES string of the molecule is CC(=O)N[C@H]1[C@@H](O[C@H]2[C@@H](O)[C@@H](CO[C@@H]3O[C@H](CO)[C@@H](O[C@@H]4O[C@H](CO)[C@H](O)[C@H](O[C@]5(C(=O)O)C[C@H](O)[C@@H](NC(C)=O)[C@H]([C@H](O)[C@H](O)CO)O5)[C@H]4O)[C@H](O)[C@H]3NC(C)=O)O[C@@H](O[C@H]3[C@H](O)[C@@H](NC(C)=O)[C@H](O[C@H]4[C@@H](O)[C@@H](CO)O[C@@H](O[C@H]5[C@H](O)[C@@H](O)[C@H](OC[C@@H](CO)NC=O)O[C@@H]5CO)[C@@H]4O)O[C@@H]3CO)[C@@H]2O)O[C@H](CO)[C@@H](O[C@@H]2O[C@H](CO)[C@H](O)[C@H](O)[C@H]2O)[C@@H]1O. The summed E-state index contributed by atoms with van der Waals surface area (Å²) >= 11 is 0. The van der Waals surface area contributed by atoms with Crippen LogP contribution in [0.15, 0.2) is 0 Å². The summed E-state index contributed by atoms with van der Waals surface area (Å²) in [4.78, 5) is 75.9. The van der Waals surface area contributed by atoms with Gasteiger partial charge >= 0.3 is 5.97 Å². The molecule has 9 aliphatic heterocycles. The average molecular weight is 1830 g/mol. The summed E-state index contributed by atoms with van der Waals surface area (Å²) in [6, 6.07) is -8.84. The molecule has 9 saturated heterocycles. The van der Waals surface area contributed by atoms with Crippen molar-refractivity contribution in [2.45, 2.75) is 322 Å². The highest BCUT2D eigenvalue weighted by atomic mass is 16.8. The van der Waals surface area contributed by atoms with Crippen molar-refractivity contribution in [3.05, 3.63) is 0 Å². The number of aliphatic hydroxyl groups is 26. The number of nitrogens with one attached hydrogen (secondary N) is 5. The minimum absolute atomic E-state index is 0.236. The van der Waals surface area contributed by atoms with Crippen LogP contribution in [0, 0.1) is 0 Å². The summed E-state index contributed by atoms with van der Waals surface area (Å²) in [6.45, 7) is -7.95. The molecule has 56 nitrogen and oxygen atoms in total. The Labute approximate surface area is 707 Å². The first-order valence-corrected chi connectivity index (χ1v) is 39.5. The molecule has 125 heavy (non-hydrogen) atoms. The molecule has 0 unspecified atom stereocenters. The van der Waals surface area contributed by atoms with Crippen LogP contribution in [0.4, 0.5) is 0 Å². The zero-order chi connectivity index (χ0) is 92.4. The fraction of sp³-hybridized carbons (Fsp3) is 0.913. The van der Waals surface area contributed by atoms with E-state index < -0.39 is 396 Å². The molecule has 47 atom stereocenters. The van der Waals surface area contributed by atoms with Gasteiger partial charge < -0.3 is 250 Å². The molecule has 32 N–H and O–H groups in total. The lowest BCUT2D eigenvalue weighted by atomic mass is 9.88. The van der Waals surface area contributed by atoms with E-state index in [-0.39, 0.29) is 6.41 Å². The molecule has 722 valence electrons. The lowest BCUT2D eigenvalue weighted by Gasteiger charge is -2.51. The molecule has 0 aliphatic carbocycles. The number of carbonyl (C=O) groups excluding carboxylic acids is 5. The van der Waals surface area contributed by atoms with Crippen molar-refractivity contribution >= 4 is 36.0 Å². The van der Waals surface area contributed by atoms with Crippen LogP contribution in [-0.2, 0) is 114 Å². The summed E-state index contributed by atoms with van der Waals surface area (Å²) in [7, 11) is 0. The third-order valence-electron chi connectivity index (χ3n) is 22.3. The summed E-state index contributed by atoms with van der Waals surface area (Å²) < 4.78 is 106. The Balaban J connectivity index is 1.00. The molecule has 0 saturated carbocycles. The highest BCUT2D eigenvalue weighted by Crippen LogP contribution is 2.42. The lowest BCUT2D eigenvalue weighted by Crippen LogP contribution is -2.71. The van der Waals surface area contributed by atoms with Gasteiger partial charge in [0.05, 0.1) is 90.9 Å². The van der Waals surface area contributed by atoms with E-state index >= 15 is 0 Å². The maximum absolute atomic E-state index is 13.3. The minimum Gasteiger partial charge on any atom is -0.477 e. The number of ether oxygens (including phenoxy) is 18. The van der Waals surface area contributed by atoms with Gasteiger partial charge in [-0.3, -0.25) is 24.0 Å². The zero-order valence-electron chi connectivity index (χ0n) is 67.0. The van der Waals surface area contributed by atoms with Gasteiger partial charge in [0.25, 0.3) is 5.79 Å². The smallest absolute Gasteiger partial charge is 0.364 e. The molecule has 9 aliphatic rings. The van der Waals surface area contributed by atoms with Crippen molar-refractivity contribution in [3.8, 4) is 0 Å². The predicted octanol–water partition coefficient (Wildman–Crippen LogP) is -21.7. The number of carboxylic acid groups (broad SMARTS) is 1. The predicted molar refractivity (Wildman–Crippen MR) is 384 cm³/mol. The molecule has 9 fully saturated rings. The highest BCUT2D eigenvalue weighted by molar-refractivity contribution is 5.77. The number of rotatable bonds is 38. The van der Waals surface area contributed by atoms with Crippen molar-refractivity contribution in [2.24, 2.45) is 0 Å². The third kappa shape index (κ3) is 23.6. The van der Waals surface area contributed by atoms with E-state index in [9.17, 15) is 167 Å². The molecule has 0 aromatic rings. The topological polar surface area (TPSA) is 875 Å². The number of aliphatic carboxylic acids is 1. The first kappa shape index (κ1) is 104. The first-order valence-electron chi connectivity index (χ1n) is 39.5. The van der Waals surface area contributed by atoms with Crippen molar-refractivity contribution in [3.63, 3.8) is 0 Å². The largest absolute Gasteiger partial charge is 0.477 e. The van der Waals surface area contributed by atoms with Gasteiger partial charge in [-0.25, -0.2) is 4.79 Å². The van der Waals surface area contributed by atoms with Gasteiger partial charge in [0.15, 0.2) is 50.3 Å². The van der Waals surface area contributed by atoms with Gasteiger partial charge in [-0.2, -0.15) is 0 Å². The Hall–Kier alpha value is -4.94. The van der Waals surface area contributed by atoms with Gasteiger partial charge in [-0.05, 0) is 0 Å². The van der Waals surface area contributed by atoms with Crippen LogP contribution in [0.1, 0.15) is 34.1 Å². The van der Waals surface area contributed by atoms with Crippen LogP contribution in [-0.4, -0.2) is 534 Å². The van der Waals surface area contributed by atoms with Crippen molar-refractivity contribution in [1.29, 1.82) is 0 Å². The Morgan fingerprint density at radius 2 is 0.704 bits per heavy atom. The van der Waals surface area contributed by atoms with E-state index in [1.54, 1.807) is 0 Å². The van der Waals surface area contributed by atoms with E-state index in [0.717, 1.165) is 27.7 Å². The number of hydrogen-bond donors (Lipinski definition) is 32. The normalized spacial score (nSPS) is 45.8. The maximum atomic E-state index is 13.3. The number of hydrogen-bond acceptors (Lipinski definition) is 50. The molecule has 5 amide bonds. The van der Waals surface area contributed by atoms with Crippen LogP contribution in [0.2, 0.25) is 0 Å². The second-order valence-electron chi connectivity index (χ2n) is 31.1. The van der Waals surface area contributed by atoms with Gasteiger partial charge in [0.2, 0.25) is 30.0 Å². The zero-order valence-corrected chi connectivity index (χ0v) is 67.0. The van der Waals surface area contributed by atoms with E-state index in [4.69, 9.17) is 85.3 Å². The average Bonchev–Trinajstić information content (AvgIpc) is 0.754. The fourth-order valence-electron chi connectivity index (χ4n) is 15.8. The number of carbonyl (C=O) groups is 6. The molecule has 0 bridgehead atoms. The fourth-order valence-corrected chi connectivity index (χ4v) is 15.8. The number of amides is 5. The van der Waals surface area contributed by atoms with Gasteiger partial charge in [-0.15, -0.1) is 0 Å². The monoisotopic (exact) mass is 1830 g/mol. The second-order valence-corrected chi connectivity index (χ2v) is 31.1. The first-order chi connectivity index (χ1) is 59.1. The van der Waals surface area contributed by atoms with Crippen molar-refractivity contribution in [1.82, 2.24) is 26.6 Å². The summed E-state index contributed by atoms with van der Waals surface area (Å²) in [5, 5.41) is 312. The molecule has 56 heteroatoms. The van der Waals surface area contributed by atoms with E-state index in [2.05, 4.69) is 26.6 Å². The highest BCUT2D eigenvalue weighted by Gasteiger charge is 2.64. The van der Waals surface area contributed by atoms with Crippen LogP contribution in [0.25, 0.3) is 0 Å². The van der Waals surface area contributed by atoms with Crippen molar-refractivity contribution in [2.75, 3.05) is 72.7 Å². The van der Waals surface area contributed by atoms with Gasteiger partial charge in [-0.1, -0.05) is 0 Å². The third-order valence-corrected chi connectivity index (χ3v) is 22.3. The van der Waals surface area contributed by atoms with E-state index in [0.29, 0.717) is 0 Å². The summed E-state index contributed by atoms with van der Waals surface area (Å²) in [5.74, 6) is -9.34. The van der Waals surface area contributed by atoms with E-state index in [1.807, 2.05) is 0 Å². The van der Waals surface area contributed by atoms with Crippen molar-refractivity contribution < 1.29 is 252 Å². The van der Waals surface area contributed by atoms with Crippen LogP contribution < -0.4 is 26.6 Å². The van der Waals surface area contributed by atoms with Crippen LogP contribution in [0.3, 0.4) is 0 Å².